The molecule has 0 fully saturated rings. The van der Waals surface area contributed by atoms with Gasteiger partial charge < -0.3 is 19.9 Å². The van der Waals surface area contributed by atoms with Gasteiger partial charge in [-0.15, -0.1) is 0 Å². The van der Waals surface area contributed by atoms with Crippen molar-refractivity contribution < 1.29 is 19.4 Å². The van der Waals surface area contributed by atoms with Crippen LogP contribution in [0.15, 0.2) is 18.1 Å². The second kappa shape index (κ2) is 7.15. The Morgan fingerprint density at radius 1 is 1.29 bits per heavy atom. The molecule has 3 aliphatic rings. The fraction of sp³-hybridized carbons (Fsp3) is 0.545. The summed E-state index contributed by atoms with van der Waals surface area (Å²) in [6, 6.07) is 2.22. The fourth-order valence-corrected chi connectivity index (χ4v) is 4.37. The normalized spacial score (nSPS) is 17.9. The largest absolute Gasteiger partial charge is 0.481 e. The minimum absolute atomic E-state index is 0.0797. The van der Waals surface area contributed by atoms with E-state index in [0.717, 1.165) is 48.9 Å². The van der Waals surface area contributed by atoms with Crippen LogP contribution in [0, 0.1) is 0 Å². The van der Waals surface area contributed by atoms with Gasteiger partial charge in [0.15, 0.2) is 0 Å². The van der Waals surface area contributed by atoms with Crippen LogP contribution < -0.4 is 25.2 Å². The molecule has 1 aromatic rings. The van der Waals surface area contributed by atoms with Crippen molar-refractivity contribution in [1.29, 1.82) is 0 Å². The first kappa shape index (κ1) is 18.8. The third-order valence-corrected chi connectivity index (χ3v) is 5.39. The zero-order chi connectivity index (χ0) is 19.9. The number of alkyl carbamates (subject to hydrolysis) is 1. The predicted molar refractivity (Wildman–Crippen MR) is 107 cm³/mol. The number of fused-ring (bicyclic) bond motifs is 2. The molecular weight excluding hydrogens is 356 g/mol. The van der Waals surface area contributed by atoms with E-state index in [4.69, 9.17) is 9.47 Å². The molecule has 2 N–H and O–H groups in total. The number of benzene rings is 1. The summed E-state index contributed by atoms with van der Waals surface area (Å²) < 4.78 is 13.5. The highest BCUT2D eigenvalue weighted by atomic mass is 16.6. The van der Waals surface area contributed by atoms with Gasteiger partial charge in [0.05, 0.1) is 5.56 Å². The Labute approximate surface area is 165 Å². The van der Waals surface area contributed by atoms with E-state index in [1.54, 1.807) is 6.08 Å². The van der Waals surface area contributed by atoms with E-state index in [0.29, 0.717) is 13.0 Å². The molecule has 0 unspecified atom stereocenters. The zero-order valence-corrected chi connectivity index (χ0v) is 16.9. The van der Waals surface area contributed by atoms with Crippen molar-refractivity contribution in [2.45, 2.75) is 58.5 Å². The predicted octanol–water partition coefficient (Wildman–Crippen LogP) is 1.93. The molecule has 6 nitrogen and oxygen atoms in total. The SMILES string of the molecule is CC(C)(C)OC(=O)NCCC1=c2cc3c4c(c2OC(O)=C1)CCC[N+]=4CCC3. The summed E-state index contributed by atoms with van der Waals surface area (Å²) in [4.78, 5) is 11.9. The molecule has 1 amide bonds. The minimum Gasteiger partial charge on any atom is -0.481 e. The van der Waals surface area contributed by atoms with Gasteiger partial charge in [0.25, 0.3) is 5.95 Å². The Kier molecular flexibility index (Phi) is 4.81. The number of amides is 1. The Morgan fingerprint density at radius 2 is 2.04 bits per heavy atom. The third kappa shape index (κ3) is 3.73. The van der Waals surface area contributed by atoms with Crippen LogP contribution in [0.4, 0.5) is 4.79 Å². The summed E-state index contributed by atoms with van der Waals surface area (Å²) in [6.45, 7) is 8.15. The van der Waals surface area contributed by atoms with Gasteiger partial charge in [0, 0.05) is 36.2 Å². The highest BCUT2D eigenvalue weighted by molar-refractivity contribution is 5.69. The van der Waals surface area contributed by atoms with Crippen molar-refractivity contribution in [2.24, 2.45) is 0 Å². The van der Waals surface area contributed by atoms with Crippen LogP contribution in [0.25, 0.3) is 5.57 Å². The first-order valence-electron chi connectivity index (χ1n) is 10.2. The number of hydrogen-bond donors (Lipinski definition) is 2. The maximum atomic E-state index is 11.9. The molecule has 0 spiro atoms. The van der Waals surface area contributed by atoms with Gasteiger partial charge in [-0.05, 0) is 51.7 Å². The lowest BCUT2D eigenvalue weighted by molar-refractivity contribution is 0.0529. The lowest BCUT2D eigenvalue weighted by Crippen LogP contribution is -2.45. The van der Waals surface area contributed by atoms with Crippen LogP contribution >= 0.6 is 0 Å². The molecule has 3 aliphatic heterocycles. The number of nitrogens with one attached hydrogen (secondary N) is 1. The first-order chi connectivity index (χ1) is 13.3. The number of aliphatic hydroxyl groups excluding tert-OH is 1. The van der Waals surface area contributed by atoms with E-state index in [-0.39, 0.29) is 5.95 Å². The number of carbonyl (C=O) groups excluding carboxylic acids is 1. The van der Waals surface area contributed by atoms with Crippen LogP contribution in [0.5, 0.6) is 5.75 Å². The number of rotatable bonds is 3. The highest BCUT2D eigenvalue weighted by Gasteiger charge is 2.29. The van der Waals surface area contributed by atoms with Gasteiger partial charge in [0.1, 0.15) is 24.4 Å². The van der Waals surface area contributed by atoms with Crippen molar-refractivity contribution in [3.63, 3.8) is 0 Å². The van der Waals surface area contributed by atoms with Gasteiger partial charge in [-0.2, -0.15) is 0 Å². The van der Waals surface area contributed by atoms with Crippen LogP contribution in [-0.4, -0.2) is 36.4 Å². The van der Waals surface area contributed by atoms with Crippen molar-refractivity contribution in [3.8, 4) is 5.75 Å². The molecule has 0 bridgehead atoms. The van der Waals surface area contributed by atoms with E-state index in [9.17, 15) is 9.90 Å². The molecule has 4 rings (SSSR count). The maximum absolute atomic E-state index is 11.9. The minimum atomic E-state index is -0.520. The topological polar surface area (TPSA) is 70.8 Å². The number of nitrogens with zero attached hydrogens (tertiary/aromatic N) is 1. The first-order valence-corrected chi connectivity index (χ1v) is 10.2. The number of aryl methyl sites for hydroxylation is 1. The van der Waals surface area contributed by atoms with Gasteiger partial charge in [-0.1, -0.05) is 0 Å². The lowest BCUT2D eigenvalue weighted by Gasteiger charge is -2.23. The Balaban J connectivity index is 1.66. The Morgan fingerprint density at radius 3 is 2.79 bits per heavy atom. The summed E-state index contributed by atoms with van der Waals surface area (Å²) in [5.74, 6) is 0.710. The average molecular weight is 385 g/mol. The zero-order valence-electron chi connectivity index (χ0n) is 16.9. The second-order valence-electron chi connectivity index (χ2n) is 8.72. The standard InChI is InChI=1S/C22H28N2O4/c1-22(2,3)28-21(26)23-9-8-14-13-18(25)27-20-16-7-5-11-24-10-4-6-15(19(16)24)12-17(14)20/h12-13H,4-11H2,1-3H3,(H,23,26)/p+1. The van der Waals surface area contributed by atoms with Gasteiger partial charge in [-0.3, -0.25) is 0 Å². The monoisotopic (exact) mass is 385 g/mol. The van der Waals surface area contributed by atoms with E-state index in [2.05, 4.69) is 16.0 Å². The summed E-state index contributed by atoms with van der Waals surface area (Å²) in [5, 5.41) is 15.3. The molecular formula is C22H29N2O4+. The summed E-state index contributed by atoms with van der Waals surface area (Å²) >= 11 is 0. The molecule has 6 heteroatoms. The Hall–Kier alpha value is -2.50. The number of aliphatic hydroxyl groups is 1. The summed E-state index contributed by atoms with van der Waals surface area (Å²) in [5.41, 5.74) is 3.05. The van der Waals surface area contributed by atoms with Gasteiger partial charge >= 0.3 is 6.09 Å². The van der Waals surface area contributed by atoms with E-state index < -0.39 is 11.7 Å². The van der Waals surface area contributed by atoms with Crippen LogP contribution in [0.3, 0.4) is 0 Å². The smallest absolute Gasteiger partial charge is 0.407 e. The molecule has 1 aromatic carbocycles. The van der Waals surface area contributed by atoms with E-state index in [1.165, 1.54) is 22.9 Å². The van der Waals surface area contributed by atoms with E-state index in [1.807, 2.05) is 20.8 Å². The van der Waals surface area contributed by atoms with Gasteiger partial charge in [-0.25, -0.2) is 9.37 Å². The average Bonchev–Trinajstić information content (AvgIpc) is 2.61. The number of hydrogen-bond acceptors (Lipinski definition) is 4. The Bertz CT molecular complexity index is 966. The third-order valence-electron chi connectivity index (χ3n) is 5.39. The molecule has 0 saturated heterocycles. The van der Waals surface area contributed by atoms with Crippen LogP contribution in [0.2, 0.25) is 0 Å². The van der Waals surface area contributed by atoms with Crippen LogP contribution in [0.1, 0.15) is 51.2 Å². The number of carbonyl (C=O) groups is 1. The lowest BCUT2D eigenvalue weighted by atomic mass is 9.92. The molecule has 3 heterocycles. The maximum Gasteiger partial charge on any atom is 0.407 e. The summed E-state index contributed by atoms with van der Waals surface area (Å²) in [7, 11) is 0. The molecule has 28 heavy (non-hydrogen) atoms. The molecule has 0 saturated carbocycles. The second-order valence-corrected chi connectivity index (χ2v) is 8.72. The molecule has 0 radical (unpaired) electrons. The molecule has 0 atom stereocenters. The highest BCUT2D eigenvalue weighted by Crippen LogP contribution is 2.24. The van der Waals surface area contributed by atoms with E-state index >= 15 is 0 Å². The van der Waals surface area contributed by atoms with Crippen LogP contribution in [-0.2, 0) is 17.6 Å². The molecule has 150 valence electrons. The summed E-state index contributed by atoms with van der Waals surface area (Å²) in [6.07, 6.45) is 6.16. The van der Waals surface area contributed by atoms with Crippen molar-refractivity contribution in [1.82, 2.24) is 9.89 Å². The van der Waals surface area contributed by atoms with Gasteiger partial charge in [0.2, 0.25) is 5.36 Å². The van der Waals surface area contributed by atoms with Crippen molar-refractivity contribution >= 4 is 11.7 Å². The van der Waals surface area contributed by atoms with Crippen molar-refractivity contribution in [3.05, 3.63) is 39.8 Å². The van der Waals surface area contributed by atoms with Crippen molar-refractivity contribution in [2.75, 3.05) is 19.6 Å². The quantitative estimate of drug-likeness (QED) is 0.780. The number of allylic oxidation sites excluding steroid dienone is 1. The molecule has 0 aliphatic carbocycles. The fourth-order valence-electron chi connectivity index (χ4n) is 4.37. The number of ether oxygens (including phenoxy) is 2. The molecule has 0 aromatic heterocycles.